The maximum absolute atomic E-state index is 14.1. The zero-order valence-corrected chi connectivity index (χ0v) is 20.9. The number of aromatic nitrogens is 4. The minimum Gasteiger partial charge on any atom is -0.388 e. The first-order valence-corrected chi connectivity index (χ1v) is 13.7. The quantitative estimate of drug-likeness (QED) is 0.146. The van der Waals surface area contributed by atoms with Gasteiger partial charge in [0, 0.05) is 0 Å². The number of phosphoric acid groups is 2. The number of anilines is 1. The Morgan fingerprint density at radius 1 is 1.13 bits per heavy atom. The number of H-pyrrole nitrogens is 1. The number of hydrogen-bond donors (Lipinski definition) is 8. The van der Waals surface area contributed by atoms with Gasteiger partial charge in [-0.1, -0.05) is 0 Å². The third-order valence-corrected chi connectivity index (χ3v) is 8.27. The molecule has 7 unspecified atom stereocenters. The number of halogens is 1. The predicted octanol–water partition coefficient (Wildman–Crippen LogP) is -2.62. The van der Waals surface area contributed by atoms with Crippen LogP contribution in [0.3, 0.4) is 0 Å². The Kier molecular flexibility index (Phi) is 8.10. The van der Waals surface area contributed by atoms with Crippen LogP contribution in [0.1, 0.15) is 13.2 Å². The number of phosphoric ester groups is 2. The molecule has 0 aliphatic carbocycles. The molecule has 2 aromatic heterocycles. The minimum atomic E-state index is -5.58. The summed E-state index contributed by atoms with van der Waals surface area (Å²) in [6, 6.07) is 0. The van der Waals surface area contributed by atoms with Gasteiger partial charge >= 0.3 is 15.6 Å². The summed E-state index contributed by atoms with van der Waals surface area (Å²) < 4.78 is 63.0. The molecule has 2 aliphatic heterocycles. The van der Waals surface area contributed by atoms with E-state index >= 15 is 0 Å². The summed E-state index contributed by atoms with van der Waals surface area (Å²) in [6.45, 7) is 0.211. The van der Waals surface area contributed by atoms with Crippen molar-refractivity contribution in [3.05, 3.63) is 16.7 Å². The lowest BCUT2D eigenvalue weighted by atomic mass is 10.0. The van der Waals surface area contributed by atoms with Crippen molar-refractivity contribution >= 4 is 32.8 Å². The van der Waals surface area contributed by atoms with E-state index in [-0.39, 0.29) is 17.1 Å². The maximum Gasteiger partial charge on any atom is 0.483 e. The summed E-state index contributed by atoms with van der Waals surface area (Å²) >= 11 is 0. The average molecular weight is 591 g/mol. The van der Waals surface area contributed by atoms with Gasteiger partial charge in [0.25, 0.3) is 5.56 Å². The van der Waals surface area contributed by atoms with E-state index in [2.05, 4.69) is 28.3 Å². The second-order valence-corrected chi connectivity index (χ2v) is 11.4. The Balaban J connectivity index is 1.39. The molecule has 4 heterocycles. The van der Waals surface area contributed by atoms with Gasteiger partial charge in [0.05, 0.1) is 19.0 Å². The monoisotopic (exact) mass is 591 g/mol. The van der Waals surface area contributed by atoms with Crippen molar-refractivity contribution in [1.29, 1.82) is 0 Å². The molecule has 214 valence electrons. The Morgan fingerprint density at radius 2 is 1.82 bits per heavy atom. The molecule has 2 saturated heterocycles. The molecule has 0 saturated carbocycles. The van der Waals surface area contributed by atoms with Crippen molar-refractivity contribution in [2.45, 2.75) is 62.2 Å². The molecule has 2 fully saturated rings. The van der Waals surface area contributed by atoms with Crippen LogP contribution in [0.4, 0.5) is 10.3 Å². The molecular weight excluding hydrogens is 567 g/mol. The van der Waals surface area contributed by atoms with Crippen molar-refractivity contribution in [2.24, 2.45) is 0 Å². The van der Waals surface area contributed by atoms with Gasteiger partial charge in [0.2, 0.25) is 12.2 Å². The van der Waals surface area contributed by atoms with Gasteiger partial charge in [0.1, 0.15) is 30.5 Å². The van der Waals surface area contributed by atoms with E-state index in [1.54, 1.807) is 0 Å². The van der Waals surface area contributed by atoms with Crippen LogP contribution in [0.15, 0.2) is 11.1 Å². The smallest absolute Gasteiger partial charge is 0.388 e. The number of fused-ring (bicyclic) bond motifs is 1. The molecule has 11 atom stereocenters. The summed E-state index contributed by atoms with van der Waals surface area (Å²) in [6.07, 6.45) is -15.1. The summed E-state index contributed by atoms with van der Waals surface area (Å²) in [4.78, 5) is 41.5. The fraction of sp³-hybridized carbons (Fsp3) is 0.688. The molecule has 38 heavy (non-hydrogen) atoms. The topological polar surface area (TPSA) is 291 Å². The van der Waals surface area contributed by atoms with E-state index in [0.29, 0.717) is 0 Å². The van der Waals surface area contributed by atoms with Crippen molar-refractivity contribution in [2.75, 3.05) is 12.3 Å². The van der Waals surface area contributed by atoms with Crippen molar-refractivity contribution in [1.82, 2.24) is 19.5 Å². The van der Waals surface area contributed by atoms with E-state index < -0.39 is 83.1 Å². The summed E-state index contributed by atoms with van der Waals surface area (Å²) in [5.74, 6) is -0.274. The zero-order chi connectivity index (χ0) is 28.2. The van der Waals surface area contributed by atoms with Gasteiger partial charge in [-0.05, 0) is 6.92 Å². The number of hydrogen-bond acceptors (Lipinski definition) is 15. The first-order chi connectivity index (χ1) is 17.6. The average Bonchev–Trinajstić information content (AvgIpc) is 3.35. The SMILES string of the molecule is CC1O[C@H](OP(=O)(O)OP(=O)(O)OC[C@H]2O[C@@H](n3cnc4c(=O)[nH]c(N)nc43)C(O)C2O)C(F)C(O)[C@@H]1O. The van der Waals surface area contributed by atoms with Crippen LogP contribution in [0.2, 0.25) is 0 Å². The third-order valence-electron chi connectivity index (χ3n) is 5.67. The lowest BCUT2D eigenvalue weighted by Gasteiger charge is -2.37. The molecule has 19 nitrogen and oxygen atoms in total. The van der Waals surface area contributed by atoms with Gasteiger partial charge in [-0.2, -0.15) is 9.29 Å². The Morgan fingerprint density at radius 3 is 2.50 bits per heavy atom. The summed E-state index contributed by atoms with van der Waals surface area (Å²) in [7, 11) is -11.1. The number of nitrogens with one attached hydrogen (secondary N) is 1. The number of aliphatic hydroxyl groups is 4. The largest absolute Gasteiger partial charge is 0.483 e. The van der Waals surface area contributed by atoms with Gasteiger partial charge in [-0.25, -0.2) is 18.5 Å². The number of imidazole rings is 1. The number of nitrogens with two attached hydrogens (primary N) is 1. The normalized spacial score (nSPS) is 37.2. The second-order valence-electron chi connectivity index (χ2n) is 8.38. The highest BCUT2D eigenvalue weighted by Crippen LogP contribution is 2.61. The number of aromatic amines is 1. The molecule has 0 amide bonds. The van der Waals surface area contributed by atoms with E-state index in [1.807, 2.05) is 0 Å². The lowest BCUT2D eigenvalue weighted by molar-refractivity contribution is -0.254. The lowest BCUT2D eigenvalue weighted by Crippen LogP contribution is -2.55. The Hall–Kier alpha value is -1.90. The standard InChI is InChI=1S/C16H24FN5O14P2/c1-4-8(23)10(25)6(17)15(33-4)35-38(30,31)36-37(28,29)32-2-5-9(24)11(26)14(34-5)22-3-19-7-12(22)20-16(18)21-13(7)27/h3-6,8-11,14-15,23-26H,2H2,1H3,(H,28,29)(H,30,31)(H3,18,20,21,27)/t4?,5-,6?,8-,9?,10?,11?,14-,15-/m1/s1. The molecule has 0 bridgehead atoms. The highest BCUT2D eigenvalue weighted by atomic mass is 31.3. The van der Waals surface area contributed by atoms with E-state index in [4.69, 9.17) is 15.2 Å². The second kappa shape index (κ2) is 10.6. The van der Waals surface area contributed by atoms with Crippen molar-refractivity contribution in [3.8, 4) is 0 Å². The van der Waals surface area contributed by atoms with Gasteiger partial charge in [-0.15, -0.1) is 0 Å². The Bertz CT molecular complexity index is 1330. The third kappa shape index (κ3) is 5.82. The molecule has 2 aromatic rings. The van der Waals surface area contributed by atoms with Crippen LogP contribution in [-0.4, -0.2) is 105 Å². The summed E-state index contributed by atoms with van der Waals surface area (Å²) in [5, 5.41) is 39.9. The molecule has 22 heteroatoms. The fourth-order valence-electron chi connectivity index (χ4n) is 3.78. The first kappa shape index (κ1) is 29.1. The minimum absolute atomic E-state index is 0.110. The molecule has 0 aromatic carbocycles. The van der Waals surface area contributed by atoms with Gasteiger partial charge in [0.15, 0.2) is 23.6 Å². The van der Waals surface area contributed by atoms with Crippen LogP contribution >= 0.6 is 15.6 Å². The van der Waals surface area contributed by atoms with E-state index in [9.17, 15) is 48.5 Å². The van der Waals surface area contributed by atoms with Crippen LogP contribution < -0.4 is 11.3 Å². The van der Waals surface area contributed by atoms with Crippen molar-refractivity contribution < 1.29 is 66.6 Å². The van der Waals surface area contributed by atoms with Crippen LogP contribution in [0.25, 0.3) is 11.2 Å². The highest BCUT2D eigenvalue weighted by molar-refractivity contribution is 7.61. The highest BCUT2D eigenvalue weighted by Gasteiger charge is 2.49. The van der Waals surface area contributed by atoms with E-state index in [0.717, 1.165) is 10.9 Å². The van der Waals surface area contributed by atoms with Crippen LogP contribution in [0, 0.1) is 0 Å². The van der Waals surface area contributed by atoms with Crippen molar-refractivity contribution in [3.63, 3.8) is 0 Å². The molecule has 0 spiro atoms. The number of alkyl halides is 1. The maximum atomic E-state index is 14.1. The zero-order valence-electron chi connectivity index (χ0n) is 19.1. The first-order valence-electron chi connectivity index (χ1n) is 10.7. The van der Waals surface area contributed by atoms with Crippen LogP contribution in [0.5, 0.6) is 0 Å². The summed E-state index contributed by atoms with van der Waals surface area (Å²) in [5.41, 5.74) is 4.55. The molecule has 0 radical (unpaired) electrons. The fourth-order valence-corrected chi connectivity index (χ4v) is 5.92. The number of ether oxygens (including phenoxy) is 2. The molecule has 4 rings (SSSR count). The Labute approximate surface area is 210 Å². The van der Waals surface area contributed by atoms with E-state index in [1.165, 1.54) is 6.92 Å². The molecule has 2 aliphatic rings. The number of nitrogen functional groups attached to an aromatic ring is 1. The molecule has 9 N–H and O–H groups in total. The number of rotatable bonds is 8. The molecular formula is C16H24FN5O14P2. The number of aliphatic hydroxyl groups excluding tert-OH is 4. The van der Waals surface area contributed by atoms with Gasteiger partial charge < -0.3 is 45.4 Å². The number of nitrogens with zero attached hydrogens (tertiary/aromatic N) is 3. The van der Waals surface area contributed by atoms with Gasteiger partial charge in [-0.3, -0.25) is 23.4 Å². The van der Waals surface area contributed by atoms with Crippen LogP contribution in [-0.2, 0) is 32.0 Å². The predicted molar refractivity (Wildman–Crippen MR) is 118 cm³/mol.